The van der Waals surface area contributed by atoms with Crippen molar-refractivity contribution in [3.63, 3.8) is 0 Å². The van der Waals surface area contributed by atoms with Crippen LogP contribution < -0.4 is 5.32 Å². The number of likely N-dealkylation sites (tertiary alicyclic amines) is 1. The number of carboxylic acid groups (broad SMARTS) is 1. The topological polar surface area (TPSA) is 69.6 Å². The minimum atomic E-state index is -0.853. The van der Waals surface area contributed by atoms with Crippen molar-refractivity contribution in [2.24, 2.45) is 5.92 Å². The summed E-state index contributed by atoms with van der Waals surface area (Å²) in [7, 11) is 0. The van der Waals surface area contributed by atoms with E-state index in [0.29, 0.717) is 6.42 Å². The summed E-state index contributed by atoms with van der Waals surface area (Å²) in [5.74, 6) is -1.35. The van der Waals surface area contributed by atoms with Crippen molar-refractivity contribution < 1.29 is 14.7 Å². The van der Waals surface area contributed by atoms with E-state index in [1.165, 1.54) is 0 Å². The predicted molar refractivity (Wildman–Crippen MR) is 64.8 cm³/mol. The fourth-order valence-electron chi connectivity index (χ4n) is 2.20. The Hall–Kier alpha value is -1.26. The fourth-order valence-corrected chi connectivity index (χ4v) is 2.20. The number of urea groups is 1. The second-order valence-corrected chi connectivity index (χ2v) is 5.20. The normalized spacial score (nSPS) is 20.1. The molecule has 1 aliphatic rings. The molecule has 98 valence electrons. The Bertz CT molecular complexity index is 302. The number of nitrogens with zero attached hydrogens (tertiary/aromatic N) is 1. The highest BCUT2D eigenvalue weighted by Crippen LogP contribution is 2.27. The van der Waals surface area contributed by atoms with Crippen LogP contribution in [-0.2, 0) is 4.79 Å². The number of hydrogen-bond donors (Lipinski definition) is 2. The molecule has 1 unspecified atom stereocenters. The Balaban J connectivity index is 2.47. The van der Waals surface area contributed by atoms with Gasteiger partial charge in [-0.1, -0.05) is 6.92 Å². The predicted octanol–water partition coefficient (Wildman–Crippen LogP) is 1.68. The number of aliphatic carboxylic acids is 1. The Morgan fingerprint density at radius 1 is 1.47 bits per heavy atom. The van der Waals surface area contributed by atoms with Crippen LogP contribution in [0.25, 0.3) is 0 Å². The van der Waals surface area contributed by atoms with Crippen LogP contribution in [0.2, 0.25) is 0 Å². The van der Waals surface area contributed by atoms with E-state index in [9.17, 15) is 9.59 Å². The average Bonchev–Trinajstić information content (AvgIpc) is 2.58. The summed E-state index contributed by atoms with van der Waals surface area (Å²) in [5, 5.41) is 11.6. The van der Waals surface area contributed by atoms with Gasteiger partial charge in [0.2, 0.25) is 0 Å². The smallest absolute Gasteiger partial charge is 0.317 e. The molecule has 17 heavy (non-hydrogen) atoms. The van der Waals surface area contributed by atoms with Gasteiger partial charge < -0.3 is 15.3 Å². The molecule has 0 aromatic carbocycles. The van der Waals surface area contributed by atoms with Crippen molar-refractivity contribution in [3.8, 4) is 0 Å². The van der Waals surface area contributed by atoms with Crippen molar-refractivity contribution in [3.05, 3.63) is 0 Å². The Labute approximate surface area is 102 Å². The van der Waals surface area contributed by atoms with Crippen molar-refractivity contribution in [2.75, 3.05) is 13.1 Å². The first-order chi connectivity index (χ1) is 7.88. The Morgan fingerprint density at radius 3 is 2.53 bits per heavy atom. The molecule has 0 radical (unpaired) electrons. The number of amides is 2. The van der Waals surface area contributed by atoms with Gasteiger partial charge in [-0.25, -0.2) is 4.79 Å². The Morgan fingerprint density at radius 2 is 2.12 bits per heavy atom. The second-order valence-electron chi connectivity index (χ2n) is 5.20. The Kier molecular flexibility index (Phi) is 4.37. The summed E-state index contributed by atoms with van der Waals surface area (Å²) in [4.78, 5) is 24.5. The quantitative estimate of drug-likeness (QED) is 0.788. The maximum absolute atomic E-state index is 11.9. The molecule has 0 aromatic rings. The fraction of sp³-hybridized carbons (Fsp3) is 0.833. The molecule has 0 bridgehead atoms. The molecule has 0 aromatic heterocycles. The maximum Gasteiger partial charge on any atom is 0.317 e. The van der Waals surface area contributed by atoms with Crippen LogP contribution in [0.5, 0.6) is 0 Å². The van der Waals surface area contributed by atoms with Gasteiger partial charge >= 0.3 is 12.0 Å². The van der Waals surface area contributed by atoms with Gasteiger partial charge in [-0.15, -0.1) is 0 Å². The van der Waals surface area contributed by atoms with Crippen LogP contribution in [0.3, 0.4) is 0 Å². The van der Waals surface area contributed by atoms with E-state index in [-0.39, 0.29) is 18.1 Å². The van der Waals surface area contributed by atoms with Gasteiger partial charge in [-0.3, -0.25) is 4.79 Å². The lowest BCUT2D eigenvalue weighted by molar-refractivity contribution is -0.141. The zero-order valence-corrected chi connectivity index (χ0v) is 10.8. The average molecular weight is 242 g/mol. The first kappa shape index (κ1) is 13.8. The number of nitrogens with one attached hydrogen (secondary N) is 1. The van der Waals surface area contributed by atoms with E-state index in [2.05, 4.69) is 5.32 Å². The highest BCUT2D eigenvalue weighted by molar-refractivity contribution is 5.77. The molecular formula is C12H22N2O3. The molecule has 1 aliphatic heterocycles. The summed E-state index contributed by atoms with van der Waals surface area (Å²) >= 11 is 0. The third-order valence-electron chi connectivity index (χ3n) is 3.49. The van der Waals surface area contributed by atoms with Crippen LogP contribution in [0, 0.1) is 5.92 Å². The molecule has 0 saturated carbocycles. The second kappa shape index (κ2) is 5.38. The molecule has 5 nitrogen and oxygen atoms in total. The van der Waals surface area contributed by atoms with E-state index in [0.717, 1.165) is 19.4 Å². The first-order valence-electron chi connectivity index (χ1n) is 6.16. The molecule has 1 saturated heterocycles. The van der Waals surface area contributed by atoms with Gasteiger partial charge in [-0.2, -0.15) is 0 Å². The summed E-state index contributed by atoms with van der Waals surface area (Å²) in [6, 6.07) is -0.146. The van der Waals surface area contributed by atoms with Gasteiger partial charge in [-0.05, 0) is 33.1 Å². The third-order valence-corrected chi connectivity index (χ3v) is 3.49. The van der Waals surface area contributed by atoms with E-state index in [1.807, 2.05) is 20.8 Å². The lowest BCUT2D eigenvalue weighted by Crippen LogP contribution is -2.49. The van der Waals surface area contributed by atoms with Crippen molar-refractivity contribution in [1.29, 1.82) is 0 Å². The lowest BCUT2D eigenvalue weighted by Gasteiger charge is -2.31. The van der Waals surface area contributed by atoms with E-state index >= 15 is 0 Å². The van der Waals surface area contributed by atoms with Crippen molar-refractivity contribution >= 4 is 12.0 Å². The summed E-state index contributed by atoms with van der Waals surface area (Å²) < 4.78 is 0. The summed E-state index contributed by atoms with van der Waals surface area (Å²) in [6.45, 7) is 6.84. The number of carboxylic acids is 1. The summed E-state index contributed by atoms with van der Waals surface area (Å²) in [5.41, 5.74) is -0.116. The first-order valence-corrected chi connectivity index (χ1v) is 6.16. The monoisotopic (exact) mass is 242 g/mol. The zero-order chi connectivity index (χ0) is 13.1. The van der Waals surface area contributed by atoms with Crippen LogP contribution in [0.15, 0.2) is 0 Å². The number of carbonyl (C=O) groups excluding carboxylic acids is 1. The van der Waals surface area contributed by atoms with E-state index in [4.69, 9.17) is 5.11 Å². The van der Waals surface area contributed by atoms with Gasteiger partial charge in [0.1, 0.15) is 0 Å². The van der Waals surface area contributed by atoms with Crippen molar-refractivity contribution in [2.45, 2.75) is 45.6 Å². The van der Waals surface area contributed by atoms with Crippen LogP contribution in [0.4, 0.5) is 4.79 Å². The highest BCUT2D eigenvalue weighted by atomic mass is 16.4. The lowest BCUT2D eigenvalue weighted by atomic mass is 10.0. The summed E-state index contributed by atoms with van der Waals surface area (Å²) in [6.07, 6.45) is 2.53. The van der Waals surface area contributed by atoms with Crippen molar-refractivity contribution in [1.82, 2.24) is 10.2 Å². The van der Waals surface area contributed by atoms with Gasteiger partial charge in [0.25, 0.3) is 0 Å². The van der Waals surface area contributed by atoms with E-state index in [1.54, 1.807) is 4.90 Å². The van der Waals surface area contributed by atoms with Gasteiger partial charge in [0, 0.05) is 18.6 Å². The molecule has 1 rings (SSSR count). The molecule has 5 heteroatoms. The molecule has 2 N–H and O–H groups in total. The molecule has 0 aliphatic carbocycles. The van der Waals surface area contributed by atoms with Crippen LogP contribution >= 0.6 is 0 Å². The maximum atomic E-state index is 11.9. The largest absolute Gasteiger partial charge is 0.481 e. The molecule has 1 fully saturated rings. The molecular weight excluding hydrogens is 220 g/mol. The minimum absolute atomic E-state index is 0.116. The molecule has 1 atom stereocenters. The zero-order valence-electron chi connectivity index (χ0n) is 10.8. The SMILES string of the molecule is CCC(CNC(=O)N1CCCC1(C)C)C(=O)O. The van der Waals surface area contributed by atoms with Crippen LogP contribution in [0.1, 0.15) is 40.0 Å². The number of rotatable bonds is 4. The number of carbonyl (C=O) groups is 2. The van der Waals surface area contributed by atoms with Gasteiger partial charge in [0.05, 0.1) is 5.92 Å². The standard InChI is InChI=1S/C12H22N2O3/c1-4-9(10(15)16)8-13-11(17)14-7-5-6-12(14,2)3/h9H,4-8H2,1-3H3,(H,13,17)(H,15,16). The highest BCUT2D eigenvalue weighted by Gasteiger charge is 2.35. The molecule has 0 spiro atoms. The third kappa shape index (κ3) is 3.35. The molecule has 1 heterocycles. The van der Waals surface area contributed by atoms with E-state index < -0.39 is 11.9 Å². The number of hydrogen-bond acceptors (Lipinski definition) is 2. The molecule has 2 amide bonds. The minimum Gasteiger partial charge on any atom is -0.481 e. The van der Waals surface area contributed by atoms with Crippen LogP contribution in [-0.4, -0.2) is 40.6 Å². The van der Waals surface area contributed by atoms with Gasteiger partial charge in [0.15, 0.2) is 0 Å².